The van der Waals surface area contributed by atoms with Crippen LogP contribution >= 0.6 is 7.60 Å². The molecule has 2 fully saturated rings. The van der Waals surface area contributed by atoms with Crippen LogP contribution in [0.4, 0.5) is 0 Å². The minimum atomic E-state index is -3.60. The molecular weight excluding hydrogens is 263 g/mol. The predicted octanol–water partition coefficient (Wildman–Crippen LogP) is 4.28. The van der Waals surface area contributed by atoms with Crippen molar-refractivity contribution in [3.05, 3.63) is 0 Å². The highest BCUT2D eigenvalue weighted by Gasteiger charge is 2.42. The van der Waals surface area contributed by atoms with Gasteiger partial charge in [0.05, 0.1) is 12.2 Å². The highest BCUT2D eigenvalue weighted by Crippen LogP contribution is 2.56. The lowest BCUT2D eigenvalue weighted by molar-refractivity contribution is -0.117. The molecule has 0 amide bonds. The first kappa shape index (κ1) is 15.2. The van der Waals surface area contributed by atoms with Gasteiger partial charge in [-0.05, 0) is 25.7 Å². The quantitative estimate of drug-likeness (QED) is 0.684. The normalized spacial score (nSPS) is 22.5. The zero-order valence-corrected chi connectivity index (χ0v) is 12.9. The van der Waals surface area contributed by atoms with E-state index >= 15 is 0 Å². The largest absolute Gasteiger partial charge is 0.397 e. The second-order valence-corrected chi connectivity index (χ2v) is 7.87. The van der Waals surface area contributed by atoms with Crippen LogP contribution in [-0.4, -0.2) is 17.7 Å². The maximum Gasteiger partial charge on any atom is 0.397 e. The van der Waals surface area contributed by atoms with E-state index in [9.17, 15) is 9.36 Å². The van der Waals surface area contributed by atoms with Crippen LogP contribution in [0.15, 0.2) is 0 Å². The molecule has 0 aromatic carbocycles. The Morgan fingerprint density at radius 2 is 1.32 bits per heavy atom. The average Bonchev–Trinajstić information content (AvgIpc) is 3.01. The first-order valence-corrected chi connectivity index (χ1v) is 9.07. The molecule has 5 heteroatoms. The maximum atomic E-state index is 12.9. The molecule has 2 saturated carbocycles. The van der Waals surface area contributed by atoms with E-state index in [1.807, 2.05) is 0 Å². The number of carbonyl (C=O) groups is 1. The Kier molecular flexibility index (Phi) is 5.22. The molecule has 0 radical (unpaired) electrons. The molecule has 0 atom stereocenters. The van der Waals surface area contributed by atoms with Crippen molar-refractivity contribution >= 4 is 13.1 Å². The molecule has 0 heterocycles. The fraction of sp³-hybridized carbons (Fsp3) is 0.929. The molecule has 0 N–H and O–H groups in total. The molecule has 110 valence electrons. The third-order valence-corrected chi connectivity index (χ3v) is 6.15. The van der Waals surface area contributed by atoms with Crippen LogP contribution in [0.5, 0.6) is 0 Å². The molecule has 19 heavy (non-hydrogen) atoms. The summed E-state index contributed by atoms with van der Waals surface area (Å²) in [5.74, 6) is -0.311. The van der Waals surface area contributed by atoms with Crippen molar-refractivity contribution in [3.63, 3.8) is 0 Å². The van der Waals surface area contributed by atoms with Gasteiger partial charge in [0.15, 0.2) is 0 Å². The molecule has 2 aliphatic carbocycles. The zero-order valence-electron chi connectivity index (χ0n) is 12.0. The van der Waals surface area contributed by atoms with E-state index in [2.05, 4.69) is 0 Å². The van der Waals surface area contributed by atoms with Gasteiger partial charge in [-0.2, -0.15) is 0 Å². The van der Waals surface area contributed by atoms with Gasteiger partial charge in [-0.3, -0.25) is 18.4 Å². The second-order valence-electron chi connectivity index (χ2n) is 6.01. The monoisotopic (exact) mass is 288 g/mol. The summed E-state index contributed by atoms with van der Waals surface area (Å²) in [5, 5.41) is 0. The standard InChI is InChI=1S/C14H25O4P/c1-11(2)14(15)19(16,17-12-7-3-4-8-12)18-13-9-5-6-10-13/h11-13H,3-10H2,1-2H3. The second kappa shape index (κ2) is 6.51. The van der Waals surface area contributed by atoms with Gasteiger partial charge < -0.3 is 0 Å². The SMILES string of the molecule is CC(C)C(=O)P(=O)(OC1CCCC1)OC1CCCC1. The fourth-order valence-corrected chi connectivity index (χ4v) is 4.92. The number of hydrogen-bond donors (Lipinski definition) is 0. The minimum Gasteiger partial charge on any atom is -0.300 e. The first-order valence-electron chi connectivity index (χ1n) is 7.52. The number of rotatable bonds is 6. The van der Waals surface area contributed by atoms with E-state index in [1.54, 1.807) is 13.8 Å². The Hall–Kier alpha value is -0.180. The molecule has 2 rings (SSSR count). The minimum absolute atomic E-state index is 0.0602. The summed E-state index contributed by atoms with van der Waals surface area (Å²) in [7, 11) is -3.60. The van der Waals surface area contributed by atoms with Gasteiger partial charge >= 0.3 is 7.60 Å². The van der Waals surface area contributed by atoms with Gasteiger partial charge in [-0.25, -0.2) is 0 Å². The maximum absolute atomic E-state index is 12.9. The molecule has 0 unspecified atom stereocenters. The van der Waals surface area contributed by atoms with Gasteiger partial charge in [-0.1, -0.05) is 39.5 Å². The van der Waals surface area contributed by atoms with Gasteiger partial charge in [0.1, 0.15) is 0 Å². The van der Waals surface area contributed by atoms with Crippen molar-refractivity contribution in [2.24, 2.45) is 5.92 Å². The number of hydrogen-bond acceptors (Lipinski definition) is 4. The fourth-order valence-electron chi connectivity index (χ4n) is 2.82. The Bertz CT molecular complexity index is 332. The summed E-state index contributed by atoms with van der Waals surface area (Å²) < 4.78 is 24.2. The summed E-state index contributed by atoms with van der Waals surface area (Å²) in [4.78, 5) is 12.2. The predicted molar refractivity (Wildman–Crippen MR) is 74.1 cm³/mol. The van der Waals surface area contributed by atoms with E-state index in [-0.39, 0.29) is 23.7 Å². The lowest BCUT2D eigenvalue weighted by Crippen LogP contribution is -2.20. The summed E-state index contributed by atoms with van der Waals surface area (Å²) in [5.41, 5.74) is -0.355. The highest BCUT2D eigenvalue weighted by atomic mass is 31.2. The van der Waals surface area contributed by atoms with Crippen LogP contribution in [0.2, 0.25) is 0 Å². The lowest BCUT2D eigenvalue weighted by Gasteiger charge is -2.25. The van der Waals surface area contributed by atoms with Crippen molar-refractivity contribution in [2.75, 3.05) is 0 Å². The van der Waals surface area contributed by atoms with E-state index in [1.165, 1.54) is 0 Å². The third-order valence-electron chi connectivity index (χ3n) is 3.94. The molecule has 0 aromatic heterocycles. The third kappa shape index (κ3) is 3.90. The van der Waals surface area contributed by atoms with Crippen LogP contribution in [0, 0.1) is 5.92 Å². The van der Waals surface area contributed by atoms with Crippen molar-refractivity contribution < 1.29 is 18.4 Å². The Morgan fingerprint density at radius 3 is 1.63 bits per heavy atom. The molecule has 0 spiro atoms. The van der Waals surface area contributed by atoms with E-state index in [4.69, 9.17) is 9.05 Å². The Labute approximate surface area is 115 Å². The summed E-state index contributed by atoms with van der Waals surface area (Å²) in [6, 6.07) is 0. The topological polar surface area (TPSA) is 52.6 Å². The van der Waals surface area contributed by atoms with Crippen LogP contribution in [0.3, 0.4) is 0 Å². The summed E-state index contributed by atoms with van der Waals surface area (Å²) in [6.45, 7) is 3.51. The van der Waals surface area contributed by atoms with Crippen LogP contribution in [0.1, 0.15) is 65.2 Å². The van der Waals surface area contributed by atoms with E-state index in [0.717, 1.165) is 51.4 Å². The van der Waals surface area contributed by atoms with Crippen LogP contribution in [-0.2, 0) is 18.4 Å². The number of carbonyl (C=O) groups excluding carboxylic acids is 1. The van der Waals surface area contributed by atoms with Gasteiger partial charge in [0, 0.05) is 5.92 Å². The Balaban J connectivity index is 2.06. The van der Waals surface area contributed by atoms with Crippen LogP contribution < -0.4 is 0 Å². The van der Waals surface area contributed by atoms with E-state index in [0.29, 0.717) is 0 Å². The average molecular weight is 288 g/mol. The summed E-state index contributed by atoms with van der Waals surface area (Å²) >= 11 is 0. The lowest BCUT2D eigenvalue weighted by atomic mass is 10.3. The molecule has 0 bridgehead atoms. The molecule has 2 aliphatic rings. The molecule has 0 aromatic rings. The van der Waals surface area contributed by atoms with E-state index < -0.39 is 7.60 Å². The van der Waals surface area contributed by atoms with Gasteiger partial charge in [-0.15, -0.1) is 0 Å². The first-order chi connectivity index (χ1) is 9.01. The zero-order chi connectivity index (χ0) is 13.9. The van der Waals surface area contributed by atoms with Crippen molar-refractivity contribution in [1.82, 2.24) is 0 Å². The van der Waals surface area contributed by atoms with Gasteiger partial charge in [0.2, 0.25) is 5.52 Å². The summed E-state index contributed by atoms with van der Waals surface area (Å²) in [6.07, 6.45) is 7.80. The highest BCUT2D eigenvalue weighted by molar-refractivity contribution is 7.71. The smallest absolute Gasteiger partial charge is 0.300 e. The van der Waals surface area contributed by atoms with Gasteiger partial charge in [0.25, 0.3) is 0 Å². The van der Waals surface area contributed by atoms with Crippen LogP contribution in [0.25, 0.3) is 0 Å². The Morgan fingerprint density at radius 1 is 0.947 bits per heavy atom. The molecule has 0 aliphatic heterocycles. The van der Waals surface area contributed by atoms with Crippen molar-refractivity contribution in [3.8, 4) is 0 Å². The van der Waals surface area contributed by atoms with Crippen molar-refractivity contribution in [1.29, 1.82) is 0 Å². The molecule has 0 saturated heterocycles. The van der Waals surface area contributed by atoms with Crippen molar-refractivity contribution in [2.45, 2.75) is 77.4 Å². The molecule has 4 nitrogen and oxygen atoms in total. The molecular formula is C14H25O4P.